The number of hydrogen-bond donors (Lipinski definition) is 0. The van der Waals surface area contributed by atoms with Crippen LogP contribution >= 0.6 is 0 Å². The first-order valence-corrected chi connectivity index (χ1v) is 12.8. The van der Waals surface area contributed by atoms with Gasteiger partial charge in [0.15, 0.2) is 0 Å². The summed E-state index contributed by atoms with van der Waals surface area (Å²) in [4.78, 5) is 22.1. The third-order valence-corrected chi connectivity index (χ3v) is 5.62. The number of rotatable bonds is 21. The van der Waals surface area contributed by atoms with Crippen molar-refractivity contribution in [3.8, 4) is 5.75 Å². The minimum absolute atomic E-state index is 0.399. The van der Waals surface area contributed by atoms with E-state index in [2.05, 4.69) is 6.92 Å². The van der Waals surface area contributed by atoms with Gasteiger partial charge < -0.3 is 4.74 Å². The third kappa shape index (κ3) is 15.0. The number of benzene rings is 1. The van der Waals surface area contributed by atoms with E-state index < -0.39 is 5.97 Å². The average Bonchev–Trinajstić information content (AvgIpc) is 2.78. The van der Waals surface area contributed by atoms with Gasteiger partial charge in [-0.1, -0.05) is 115 Å². The molecule has 0 spiro atoms. The molecule has 0 heterocycles. The van der Waals surface area contributed by atoms with E-state index >= 15 is 0 Å². The molecule has 0 bridgehead atoms. The predicted octanol–water partition coefficient (Wildman–Crippen LogP) is 8.44. The van der Waals surface area contributed by atoms with Crippen LogP contribution in [0.3, 0.4) is 0 Å². The molecule has 0 saturated heterocycles. The lowest BCUT2D eigenvalue weighted by molar-refractivity contribution is -0.241. The van der Waals surface area contributed by atoms with Gasteiger partial charge >= 0.3 is 5.97 Å². The van der Waals surface area contributed by atoms with E-state index in [0.717, 1.165) is 12.8 Å². The van der Waals surface area contributed by atoms with Gasteiger partial charge in [0.05, 0.1) is 13.2 Å². The number of carbonyl (C=O) groups excluding carboxylic acids is 1. The molecule has 1 rings (SSSR count). The highest BCUT2D eigenvalue weighted by Gasteiger charge is 2.14. The summed E-state index contributed by atoms with van der Waals surface area (Å²) in [7, 11) is 0. The Labute approximate surface area is 191 Å². The summed E-state index contributed by atoms with van der Waals surface area (Å²) in [5.41, 5.74) is 0.399. The van der Waals surface area contributed by atoms with Crippen LogP contribution in [0.2, 0.25) is 0 Å². The Morgan fingerprint density at radius 2 is 1.16 bits per heavy atom. The fourth-order valence-electron chi connectivity index (χ4n) is 3.77. The minimum Gasteiger partial charge on any atom is -0.493 e. The molecule has 0 aliphatic heterocycles. The van der Waals surface area contributed by atoms with Gasteiger partial charge in [-0.2, -0.15) is 4.89 Å². The van der Waals surface area contributed by atoms with Crippen molar-refractivity contribution < 1.29 is 19.3 Å². The van der Waals surface area contributed by atoms with Crippen molar-refractivity contribution in [2.45, 2.75) is 117 Å². The first kappa shape index (κ1) is 27.5. The van der Waals surface area contributed by atoms with Crippen LogP contribution in [0.5, 0.6) is 5.75 Å². The first-order valence-electron chi connectivity index (χ1n) is 12.8. The maximum Gasteiger partial charge on any atom is 0.376 e. The second-order valence-electron chi connectivity index (χ2n) is 8.43. The highest BCUT2D eigenvalue weighted by molar-refractivity contribution is 5.92. The molecule has 0 aliphatic carbocycles. The van der Waals surface area contributed by atoms with E-state index in [1.807, 2.05) is 13.0 Å². The first-order chi connectivity index (χ1) is 15.3. The molecule has 0 radical (unpaired) electrons. The van der Waals surface area contributed by atoms with Gasteiger partial charge in [-0.15, -0.1) is 0 Å². The van der Waals surface area contributed by atoms with Gasteiger partial charge in [-0.3, -0.25) is 4.89 Å². The molecule has 0 unspecified atom stereocenters. The Kier molecular flexibility index (Phi) is 18.0. The lowest BCUT2D eigenvalue weighted by atomic mass is 10.0. The Hall–Kier alpha value is -1.55. The predicted molar refractivity (Wildman–Crippen MR) is 129 cm³/mol. The number of hydrogen-bond acceptors (Lipinski definition) is 4. The van der Waals surface area contributed by atoms with Crippen LogP contribution in [0, 0.1) is 0 Å². The van der Waals surface area contributed by atoms with Gasteiger partial charge in [-0.05, 0) is 25.5 Å². The topological polar surface area (TPSA) is 44.8 Å². The quantitative estimate of drug-likeness (QED) is 0.111. The molecule has 31 heavy (non-hydrogen) atoms. The molecule has 0 aliphatic rings. The Morgan fingerprint density at radius 1 is 0.677 bits per heavy atom. The van der Waals surface area contributed by atoms with Crippen LogP contribution in [-0.4, -0.2) is 19.2 Å². The van der Waals surface area contributed by atoms with Crippen LogP contribution in [0.4, 0.5) is 0 Å². The van der Waals surface area contributed by atoms with E-state index in [1.165, 1.54) is 89.9 Å². The molecule has 0 atom stereocenters. The number of unbranched alkanes of at least 4 members (excludes halogenated alkanes) is 15. The van der Waals surface area contributed by atoms with E-state index in [0.29, 0.717) is 24.5 Å². The summed E-state index contributed by atoms with van der Waals surface area (Å²) >= 11 is 0. The average molecular weight is 435 g/mol. The fraction of sp³-hybridized carbons (Fsp3) is 0.741. The van der Waals surface area contributed by atoms with Crippen molar-refractivity contribution in [1.29, 1.82) is 0 Å². The molecule has 0 fully saturated rings. The van der Waals surface area contributed by atoms with Crippen LogP contribution < -0.4 is 4.74 Å². The summed E-state index contributed by atoms with van der Waals surface area (Å²) in [6, 6.07) is 7.06. The maximum atomic E-state index is 12.1. The highest BCUT2D eigenvalue weighted by atomic mass is 17.2. The largest absolute Gasteiger partial charge is 0.493 e. The van der Waals surface area contributed by atoms with Crippen LogP contribution in [0.15, 0.2) is 24.3 Å². The van der Waals surface area contributed by atoms with Crippen LogP contribution in [0.25, 0.3) is 0 Å². The lowest BCUT2D eigenvalue weighted by Crippen LogP contribution is -2.09. The third-order valence-electron chi connectivity index (χ3n) is 5.62. The van der Waals surface area contributed by atoms with Crippen LogP contribution in [-0.2, 0) is 9.78 Å². The summed E-state index contributed by atoms with van der Waals surface area (Å²) in [5.74, 6) is 0.0292. The van der Waals surface area contributed by atoms with Gasteiger partial charge in [0.25, 0.3) is 0 Å². The van der Waals surface area contributed by atoms with Crippen molar-refractivity contribution in [1.82, 2.24) is 0 Å². The zero-order chi connectivity index (χ0) is 22.4. The summed E-state index contributed by atoms with van der Waals surface area (Å²) < 4.78 is 5.44. The molecule has 0 amide bonds. The van der Waals surface area contributed by atoms with E-state index in [4.69, 9.17) is 14.5 Å². The van der Waals surface area contributed by atoms with Crippen molar-refractivity contribution in [3.63, 3.8) is 0 Å². The number of ether oxygens (including phenoxy) is 1. The highest BCUT2D eigenvalue weighted by Crippen LogP contribution is 2.19. The number of carbonyl (C=O) groups is 1. The molecule has 1 aromatic rings. The zero-order valence-electron chi connectivity index (χ0n) is 20.2. The number of para-hydroxylation sites is 1. The van der Waals surface area contributed by atoms with Crippen molar-refractivity contribution in [3.05, 3.63) is 29.8 Å². The second kappa shape index (κ2) is 20.4. The molecule has 4 heteroatoms. The van der Waals surface area contributed by atoms with E-state index in [1.54, 1.807) is 18.2 Å². The molecule has 0 saturated carbocycles. The Bertz CT molecular complexity index is 544. The zero-order valence-corrected chi connectivity index (χ0v) is 20.2. The van der Waals surface area contributed by atoms with Crippen molar-refractivity contribution >= 4 is 5.97 Å². The second-order valence-corrected chi connectivity index (χ2v) is 8.43. The molecule has 1 aromatic carbocycles. The molecule has 0 aromatic heterocycles. The normalized spacial score (nSPS) is 10.9. The maximum absolute atomic E-state index is 12.1. The SMILES string of the molecule is CCCCCCCCCCCCCCCCCCOOC(=O)c1ccccc1OCC. The van der Waals surface area contributed by atoms with Gasteiger partial charge in [-0.25, -0.2) is 4.79 Å². The summed E-state index contributed by atoms with van der Waals surface area (Å²) in [6.07, 6.45) is 21.4. The summed E-state index contributed by atoms with van der Waals surface area (Å²) in [5, 5.41) is 0. The minimum atomic E-state index is -0.499. The lowest BCUT2D eigenvalue weighted by Gasteiger charge is -2.08. The van der Waals surface area contributed by atoms with Gasteiger partial charge in [0, 0.05) is 0 Å². The smallest absolute Gasteiger partial charge is 0.376 e. The standard InChI is InChI=1S/C27H46O4/c1-3-5-6-7-8-9-10-11-12-13-14-15-16-17-18-21-24-30-31-27(28)25-22-19-20-23-26(25)29-4-2/h19-20,22-23H,3-18,21,24H2,1-2H3. The molecule has 0 N–H and O–H groups in total. The van der Waals surface area contributed by atoms with E-state index in [9.17, 15) is 4.79 Å². The summed E-state index contributed by atoms with van der Waals surface area (Å²) in [6.45, 7) is 5.11. The molecular formula is C27H46O4. The van der Waals surface area contributed by atoms with Crippen molar-refractivity contribution in [2.75, 3.05) is 13.2 Å². The molecular weight excluding hydrogens is 388 g/mol. The molecule has 4 nitrogen and oxygen atoms in total. The van der Waals surface area contributed by atoms with Crippen LogP contribution in [0.1, 0.15) is 127 Å². The fourth-order valence-corrected chi connectivity index (χ4v) is 3.77. The molecule has 178 valence electrons. The van der Waals surface area contributed by atoms with E-state index in [-0.39, 0.29) is 0 Å². The van der Waals surface area contributed by atoms with Gasteiger partial charge in [0.2, 0.25) is 0 Å². The Morgan fingerprint density at radius 3 is 1.68 bits per heavy atom. The monoisotopic (exact) mass is 434 g/mol. The van der Waals surface area contributed by atoms with Crippen molar-refractivity contribution in [2.24, 2.45) is 0 Å². The van der Waals surface area contributed by atoms with Gasteiger partial charge in [0.1, 0.15) is 11.3 Å². The Balaban J connectivity index is 1.85.